The quantitative estimate of drug-likeness (QED) is 0.748. The maximum Gasteiger partial charge on any atom is 0.335 e. The second-order valence-electron chi connectivity index (χ2n) is 5.38. The maximum absolute atomic E-state index is 12.4. The molecule has 1 aromatic heterocycles. The number of rotatable bonds is 6. The third-order valence-corrected chi connectivity index (χ3v) is 3.43. The molecule has 0 aliphatic carbocycles. The van der Waals surface area contributed by atoms with Crippen LogP contribution in [0.4, 0.5) is 5.69 Å². The highest BCUT2D eigenvalue weighted by atomic mass is 16.5. The Balaban J connectivity index is 2.37. The third-order valence-electron chi connectivity index (χ3n) is 3.43. The van der Waals surface area contributed by atoms with Gasteiger partial charge in [0.05, 0.1) is 25.5 Å². The minimum absolute atomic E-state index is 0.0344. The van der Waals surface area contributed by atoms with E-state index in [4.69, 9.17) is 9.47 Å². The molecule has 2 rings (SSSR count). The number of carbonyl (C=O) groups is 2. The van der Waals surface area contributed by atoms with Crippen LogP contribution in [0, 0.1) is 0 Å². The number of amides is 1. The Morgan fingerprint density at radius 1 is 1.21 bits per heavy atom. The normalized spacial score (nSPS) is 10.5. The monoisotopic (exact) mass is 333 g/mol. The van der Waals surface area contributed by atoms with Crippen molar-refractivity contribution in [3.63, 3.8) is 0 Å². The average Bonchev–Trinajstić information content (AvgIpc) is 3.04. The number of hydrogen-bond donors (Lipinski definition) is 3. The van der Waals surface area contributed by atoms with Crippen LogP contribution in [0.1, 0.15) is 46.3 Å². The van der Waals surface area contributed by atoms with E-state index in [0.717, 1.165) is 5.69 Å². The molecule has 1 aromatic carbocycles. The molecule has 0 atom stereocenters. The van der Waals surface area contributed by atoms with Gasteiger partial charge < -0.3 is 19.9 Å². The van der Waals surface area contributed by atoms with Crippen LogP contribution < -0.4 is 14.8 Å². The summed E-state index contributed by atoms with van der Waals surface area (Å²) in [4.78, 5) is 23.6. The Kier molecular flexibility index (Phi) is 5.08. The highest BCUT2D eigenvalue weighted by Crippen LogP contribution is 2.36. The molecule has 128 valence electrons. The van der Waals surface area contributed by atoms with Crippen LogP contribution in [0.2, 0.25) is 0 Å². The second-order valence-corrected chi connectivity index (χ2v) is 5.38. The van der Waals surface area contributed by atoms with Crippen LogP contribution in [-0.2, 0) is 0 Å². The fourth-order valence-corrected chi connectivity index (χ4v) is 2.12. The zero-order valence-corrected chi connectivity index (χ0v) is 13.8. The summed E-state index contributed by atoms with van der Waals surface area (Å²) >= 11 is 0. The van der Waals surface area contributed by atoms with Crippen molar-refractivity contribution in [2.45, 2.75) is 19.8 Å². The van der Waals surface area contributed by atoms with Gasteiger partial charge in [0.15, 0.2) is 17.2 Å². The topological polar surface area (TPSA) is 114 Å². The predicted molar refractivity (Wildman–Crippen MR) is 87.1 cm³/mol. The van der Waals surface area contributed by atoms with Crippen LogP contribution >= 0.6 is 0 Å². The lowest BCUT2D eigenvalue weighted by molar-refractivity contribution is 0.0696. The standard InChI is InChI=1S/C16H19N3O5/c1-8(2)10-7-12(19-18-10)15(20)17-11-5-9(16(21)22)6-13(23-3)14(11)24-4/h5-8H,1-4H3,(H,17,20)(H,18,19)(H,21,22). The first kappa shape index (κ1) is 17.3. The number of anilines is 1. The molecule has 0 radical (unpaired) electrons. The van der Waals surface area contributed by atoms with E-state index >= 15 is 0 Å². The molecule has 0 saturated heterocycles. The van der Waals surface area contributed by atoms with Crippen molar-refractivity contribution in [1.82, 2.24) is 10.2 Å². The maximum atomic E-state index is 12.4. The van der Waals surface area contributed by atoms with E-state index in [-0.39, 0.29) is 34.4 Å². The minimum Gasteiger partial charge on any atom is -0.493 e. The zero-order valence-electron chi connectivity index (χ0n) is 13.8. The summed E-state index contributed by atoms with van der Waals surface area (Å²) in [5.41, 5.74) is 1.17. The first-order valence-electron chi connectivity index (χ1n) is 7.23. The molecular weight excluding hydrogens is 314 g/mol. The summed E-state index contributed by atoms with van der Waals surface area (Å²) < 4.78 is 10.4. The van der Waals surface area contributed by atoms with Crippen LogP contribution in [-0.4, -0.2) is 41.4 Å². The number of hydrogen-bond acceptors (Lipinski definition) is 5. The van der Waals surface area contributed by atoms with Gasteiger partial charge in [0, 0.05) is 5.69 Å². The largest absolute Gasteiger partial charge is 0.493 e. The Morgan fingerprint density at radius 3 is 2.42 bits per heavy atom. The Bertz CT molecular complexity index is 767. The molecule has 0 spiro atoms. The summed E-state index contributed by atoms with van der Waals surface area (Å²) in [7, 11) is 2.79. The number of carbonyl (C=O) groups excluding carboxylic acids is 1. The number of nitrogens with zero attached hydrogens (tertiary/aromatic N) is 1. The molecule has 8 heteroatoms. The molecule has 0 bridgehead atoms. The van der Waals surface area contributed by atoms with Crippen molar-refractivity contribution in [3.05, 3.63) is 35.2 Å². The molecule has 0 unspecified atom stereocenters. The molecule has 2 aromatic rings. The van der Waals surface area contributed by atoms with E-state index in [0.29, 0.717) is 0 Å². The molecule has 1 heterocycles. The SMILES string of the molecule is COc1cc(C(=O)O)cc(NC(=O)c2cc(C(C)C)[nH]n2)c1OC. The predicted octanol–water partition coefficient (Wildman–Crippen LogP) is 2.50. The highest BCUT2D eigenvalue weighted by Gasteiger charge is 2.19. The molecular formula is C16H19N3O5. The van der Waals surface area contributed by atoms with Crippen molar-refractivity contribution in [3.8, 4) is 11.5 Å². The van der Waals surface area contributed by atoms with Crippen molar-refractivity contribution >= 4 is 17.6 Å². The van der Waals surface area contributed by atoms with Gasteiger partial charge in [-0.1, -0.05) is 13.8 Å². The first-order valence-corrected chi connectivity index (χ1v) is 7.23. The average molecular weight is 333 g/mol. The summed E-state index contributed by atoms with van der Waals surface area (Å²) in [6, 6.07) is 4.27. The van der Waals surface area contributed by atoms with Crippen molar-refractivity contribution in [1.29, 1.82) is 0 Å². The van der Waals surface area contributed by atoms with Crippen LogP contribution in [0.3, 0.4) is 0 Å². The van der Waals surface area contributed by atoms with E-state index in [1.54, 1.807) is 6.07 Å². The lowest BCUT2D eigenvalue weighted by atomic mass is 10.1. The van der Waals surface area contributed by atoms with Gasteiger partial charge in [-0.3, -0.25) is 9.89 Å². The second kappa shape index (κ2) is 7.03. The number of nitrogens with one attached hydrogen (secondary N) is 2. The van der Waals surface area contributed by atoms with Crippen LogP contribution in [0.5, 0.6) is 11.5 Å². The first-order chi connectivity index (χ1) is 11.4. The van der Waals surface area contributed by atoms with Gasteiger partial charge in [-0.15, -0.1) is 0 Å². The lowest BCUT2D eigenvalue weighted by Crippen LogP contribution is -2.14. The fraction of sp³-hybridized carbons (Fsp3) is 0.312. The number of ether oxygens (including phenoxy) is 2. The van der Waals surface area contributed by atoms with E-state index in [9.17, 15) is 14.7 Å². The Labute approximate surface area is 138 Å². The molecule has 24 heavy (non-hydrogen) atoms. The van der Waals surface area contributed by atoms with Crippen LogP contribution in [0.25, 0.3) is 0 Å². The van der Waals surface area contributed by atoms with E-state index < -0.39 is 11.9 Å². The Hall–Kier alpha value is -3.03. The van der Waals surface area contributed by atoms with Crippen molar-refractivity contribution in [2.75, 3.05) is 19.5 Å². The molecule has 0 aliphatic rings. The summed E-state index contributed by atoms with van der Waals surface area (Å²) in [6.45, 7) is 3.94. The molecule has 1 amide bonds. The van der Waals surface area contributed by atoms with Gasteiger partial charge in [0.1, 0.15) is 0 Å². The van der Waals surface area contributed by atoms with Gasteiger partial charge in [-0.2, -0.15) is 5.10 Å². The van der Waals surface area contributed by atoms with Gasteiger partial charge in [-0.05, 0) is 24.1 Å². The van der Waals surface area contributed by atoms with E-state index in [1.807, 2.05) is 13.8 Å². The fourth-order valence-electron chi connectivity index (χ4n) is 2.12. The van der Waals surface area contributed by atoms with Crippen molar-refractivity contribution in [2.24, 2.45) is 0 Å². The number of H-pyrrole nitrogens is 1. The lowest BCUT2D eigenvalue weighted by Gasteiger charge is -2.14. The molecule has 0 fully saturated rings. The van der Waals surface area contributed by atoms with Crippen LogP contribution in [0.15, 0.2) is 18.2 Å². The summed E-state index contributed by atoms with van der Waals surface area (Å²) in [5.74, 6) is -0.994. The van der Waals surface area contributed by atoms with Gasteiger partial charge in [0.2, 0.25) is 0 Å². The van der Waals surface area contributed by atoms with E-state index in [2.05, 4.69) is 15.5 Å². The smallest absolute Gasteiger partial charge is 0.335 e. The number of benzene rings is 1. The summed E-state index contributed by atoms with van der Waals surface area (Å²) in [5, 5.41) is 18.5. The number of aromatic nitrogens is 2. The number of aromatic carboxylic acids is 1. The zero-order chi connectivity index (χ0) is 17.9. The Morgan fingerprint density at radius 2 is 1.92 bits per heavy atom. The molecule has 0 aliphatic heterocycles. The van der Waals surface area contributed by atoms with Gasteiger partial charge in [0.25, 0.3) is 5.91 Å². The number of carboxylic acid groups (broad SMARTS) is 1. The summed E-state index contributed by atoms with van der Waals surface area (Å²) in [6.07, 6.45) is 0. The van der Waals surface area contributed by atoms with Gasteiger partial charge in [-0.25, -0.2) is 4.79 Å². The molecule has 8 nitrogen and oxygen atoms in total. The minimum atomic E-state index is -1.15. The molecule has 0 saturated carbocycles. The van der Waals surface area contributed by atoms with Gasteiger partial charge >= 0.3 is 5.97 Å². The van der Waals surface area contributed by atoms with Crippen molar-refractivity contribution < 1.29 is 24.2 Å². The number of aromatic amines is 1. The van der Waals surface area contributed by atoms with E-state index in [1.165, 1.54) is 26.4 Å². The highest BCUT2D eigenvalue weighted by molar-refractivity contribution is 6.05. The number of methoxy groups -OCH3 is 2. The molecule has 3 N–H and O–H groups in total. The number of carboxylic acids is 1. The third kappa shape index (κ3) is 3.48.